The molecule has 142 valence electrons. The molecule has 1 aromatic carbocycles. The number of aryl methyl sites for hydroxylation is 1. The molecule has 1 saturated carbocycles. The average Bonchev–Trinajstić information content (AvgIpc) is 3.37. The summed E-state index contributed by atoms with van der Waals surface area (Å²) in [7, 11) is 1.42. The third-order valence-electron chi connectivity index (χ3n) is 4.00. The molecule has 27 heavy (non-hydrogen) atoms. The van der Waals surface area contributed by atoms with Crippen LogP contribution in [0.5, 0.6) is 0 Å². The molecule has 0 aliphatic heterocycles. The molecule has 8 nitrogen and oxygen atoms in total. The van der Waals surface area contributed by atoms with E-state index in [0.717, 1.165) is 29.0 Å². The van der Waals surface area contributed by atoms with Crippen molar-refractivity contribution in [3.05, 3.63) is 46.0 Å². The Morgan fingerprint density at radius 2 is 2.11 bits per heavy atom. The van der Waals surface area contributed by atoms with Gasteiger partial charge in [-0.05, 0) is 38.2 Å². The zero-order chi connectivity index (χ0) is 19.2. The van der Waals surface area contributed by atoms with Crippen LogP contribution in [-0.2, 0) is 21.1 Å². The third-order valence-corrected chi connectivity index (χ3v) is 4.63. The number of rotatable bonds is 8. The van der Waals surface area contributed by atoms with Crippen LogP contribution in [0.4, 0.5) is 0 Å². The SMILES string of the molecule is CO/N=C(/C(=O)NC1CC1)c1ccccc1CO/N=C(/C)c1nnsc1C. The Morgan fingerprint density at radius 3 is 2.78 bits per heavy atom. The number of hydrogen-bond acceptors (Lipinski definition) is 8. The highest BCUT2D eigenvalue weighted by Crippen LogP contribution is 2.20. The molecule has 0 bridgehead atoms. The molecule has 0 unspecified atom stereocenters. The molecule has 3 rings (SSSR count). The minimum atomic E-state index is -0.254. The van der Waals surface area contributed by atoms with Gasteiger partial charge in [-0.1, -0.05) is 39.1 Å². The molecular weight excluding hydrogens is 366 g/mol. The lowest BCUT2D eigenvalue weighted by molar-refractivity contribution is -0.115. The van der Waals surface area contributed by atoms with E-state index in [9.17, 15) is 4.79 Å². The highest BCUT2D eigenvalue weighted by atomic mass is 32.1. The molecular formula is C18H21N5O3S. The molecule has 1 fully saturated rings. The predicted octanol–water partition coefficient (Wildman–Crippen LogP) is 2.42. The van der Waals surface area contributed by atoms with Gasteiger partial charge in [-0.2, -0.15) is 0 Å². The fraction of sp³-hybridized carbons (Fsp3) is 0.389. The summed E-state index contributed by atoms with van der Waals surface area (Å²) in [4.78, 5) is 23.9. The Hall–Kier alpha value is -2.81. The summed E-state index contributed by atoms with van der Waals surface area (Å²) in [5.41, 5.74) is 3.03. The first-order valence-corrected chi connectivity index (χ1v) is 9.33. The van der Waals surface area contributed by atoms with Crippen molar-refractivity contribution >= 4 is 28.9 Å². The van der Waals surface area contributed by atoms with Crippen LogP contribution in [0.2, 0.25) is 0 Å². The lowest BCUT2D eigenvalue weighted by Crippen LogP contribution is -2.34. The number of carbonyl (C=O) groups excluding carboxylic acids is 1. The van der Waals surface area contributed by atoms with Crippen molar-refractivity contribution < 1.29 is 14.5 Å². The van der Waals surface area contributed by atoms with Crippen molar-refractivity contribution in [2.24, 2.45) is 10.3 Å². The van der Waals surface area contributed by atoms with E-state index in [1.165, 1.54) is 18.6 Å². The van der Waals surface area contributed by atoms with E-state index in [1.54, 1.807) is 0 Å². The summed E-state index contributed by atoms with van der Waals surface area (Å²) in [5, 5.41) is 15.0. The quantitative estimate of drug-likeness (QED) is 0.554. The van der Waals surface area contributed by atoms with E-state index in [1.807, 2.05) is 38.1 Å². The van der Waals surface area contributed by atoms with Crippen molar-refractivity contribution in [3.8, 4) is 0 Å². The van der Waals surface area contributed by atoms with Crippen molar-refractivity contribution in [3.63, 3.8) is 0 Å². The molecule has 0 radical (unpaired) electrons. The van der Waals surface area contributed by atoms with Crippen molar-refractivity contribution in [1.29, 1.82) is 0 Å². The first-order valence-electron chi connectivity index (χ1n) is 8.56. The van der Waals surface area contributed by atoms with Gasteiger partial charge in [0.1, 0.15) is 25.1 Å². The second-order valence-corrected chi connectivity index (χ2v) is 7.11. The van der Waals surface area contributed by atoms with Crippen LogP contribution in [0, 0.1) is 6.92 Å². The first kappa shape index (κ1) is 19.0. The molecule has 9 heteroatoms. The van der Waals surface area contributed by atoms with Gasteiger partial charge < -0.3 is 15.0 Å². The Kier molecular flexibility index (Phi) is 6.12. The monoisotopic (exact) mass is 387 g/mol. The normalized spacial score (nSPS) is 14.8. The number of benzene rings is 1. The van der Waals surface area contributed by atoms with Gasteiger partial charge in [0.05, 0.1) is 4.88 Å². The summed E-state index contributed by atoms with van der Waals surface area (Å²) >= 11 is 1.32. The molecule has 1 amide bonds. The first-order chi connectivity index (χ1) is 13.1. The number of amides is 1. The summed E-state index contributed by atoms with van der Waals surface area (Å²) in [6.07, 6.45) is 1.99. The predicted molar refractivity (Wildman–Crippen MR) is 103 cm³/mol. The molecule has 0 saturated heterocycles. The molecule has 0 spiro atoms. The minimum absolute atomic E-state index is 0.184. The topological polar surface area (TPSA) is 98.1 Å². The summed E-state index contributed by atoms with van der Waals surface area (Å²) in [5.74, 6) is -0.254. The summed E-state index contributed by atoms with van der Waals surface area (Å²) in [6, 6.07) is 7.62. The lowest BCUT2D eigenvalue weighted by atomic mass is 10.0. The van der Waals surface area contributed by atoms with Crippen LogP contribution in [0.1, 0.15) is 41.5 Å². The Balaban J connectivity index is 1.75. The van der Waals surface area contributed by atoms with Gasteiger partial charge in [0.15, 0.2) is 5.71 Å². The van der Waals surface area contributed by atoms with Gasteiger partial charge in [-0.25, -0.2) is 0 Å². The van der Waals surface area contributed by atoms with Crippen molar-refractivity contribution in [2.75, 3.05) is 7.11 Å². The van der Waals surface area contributed by atoms with E-state index < -0.39 is 0 Å². The Labute approximate surface area is 161 Å². The average molecular weight is 387 g/mol. The van der Waals surface area contributed by atoms with E-state index in [4.69, 9.17) is 9.68 Å². The van der Waals surface area contributed by atoms with Gasteiger partial charge in [-0.3, -0.25) is 4.79 Å². The van der Waals surface area contributed by atoms with Gasteiger partial charge in [0, 0.05) is 17.2 Å². The molecule has 1 aromatic heterocycles. The van der Waals surface area contributed by atoms with Gasteiger partial charge in [0.25, 0.3) is 5.91 Å². The molecule has 1 aliphatic carbocycles. The van der Waals surface area contributed by atoms with Crippen molar-refractivity contribution in [2.45, 2.75) is 39.3 Å². The van der Waals surface area contributed by atoms with Crippen molar-refractivity contribution in [1.82, 2.24) is 14.9 Å². The zero-order valence-electron chi connectivity index (χ0n) is 15.4. The zero-order valence-corrected chi connectivity index (χ0v) is 16.2. The van der Waals surface area contributed by atoms with Gasteiger partial charge in [0.2, 0.25) is 0 Å². The van der Waals surface area contributed by atoms with Crippen LogP contribution in [0.25, 0.3) is 0 Å². The molecule has 1 aliphatic rings. The molecule has 0 atom stereocenters. The Bertz CT molecular complexity index is 873. The summed E-state index contributed by atoms with van der Waals surface area (Å²) in [6.45, 7) is 3.93. The summed E-state index contributed by atoms with van der Waals surface area (Å²) < 4.78 is 3.90. The maximum absolute atomic E-state index is 12.5. The Morgan fingerprint density at radius 1 is 1.33 bits per heavy atom. The van der Waals surface area contributed by atoms with Gasteiger partial charge >= 0.3 is 0 Å². The highest BCUT2D eigenvalue weighted by molar-refractivity contribution is 7.05. The van der Waals surface area contributed by atoms with Crippen LogP contribution in [0.15, 0.2) is 34.6 Å². The number of oxime groups is 2. The number of nitrogens with zero attached hydrogens (tertiary/aromatic N) is 4. The second kappa shape index (κ2) is 8.72. The fourth-order valence-electron chi connectivity index (χ4n) is 2.47. The number of nitrogens with one attached hydrogen (secondary N) is 1. The number of carbonyl (C=O) groups is 1. The number of hydrogen-bond donors (Lipinski definition) is 1. The maximum atomic E-state index is 12.5. The van der Waals surface area contributed by atoms with E-state index in [0.29, 0.717) is 11.3 Å². The minimum Gasteiger partial charge on any atom is -0.398 e. The van der Waals surface area contributed by atoms with Crippen LogP contribution in [-0.4, -0.2) is 40.1 Å². The van der Waals surface area contributed by atoms with Crippen LogP contribution < -0.4 is 5.32 Å². The lowest BCUT2D eigenvalue weighted by Gasteiger charge is -2.11. The van der Waals surface area contributed by atoms with Crippen LogP contribution in [0.3, 0.4) is 0 Å². The van der Waals surface area contributed by atoms with Crippen LogP contribution >= 0.6 is 11.5 Å². The molecule has 1 heterocycles. The molecule has 1 N–H and O–H groups in total. The fourth-order valence-corrected chi connectivity index (χ4v) is 2.99. The van der Waals surface area contributed by atoms with E-state index in [2.05, 4.69) is 25.2 Å². The smallest absolute Gasteiger partial charge is 0.274 e. The van der Waals surface area contributed by atoms with Gasteiger partial charge in [-0.15, -0.1) is 5.10 Å². The second-order valence-electron chi connectivity index (χ2n) is 6.16. The third kappa shape index (κ3) is 4.88. The van der Waals surface area contributed by atoms with E-state index in [-0.39, 0.29) is 24.3 Å². The highest BCUT2D eigenvalue weighted by Gasteiger charge is 2.27. The molecule has 2 aromatic rings. The maximum Gasteiger partial charge on any atom is 0.274 e. The largest absolute Gasteiger partial charge is 0.398 e. The standard InChI is InChI=1S/C18H21N5O3S/c1-11(16-12(2)27-23-20-16)21-26-10-13-6-4-5-7-15(13)17(22-25-3)18(24)19-14-8-9-14/h4-7,14H,8-10H2,1-3H3,(H,19,24)/b21-11-,22-17+. The number of aromatic nitrogens is 2. The van der Waals surface area contributed by atoms with E-state index >= 15 is 0 Å².